The van der Waals surface area contributed by atoms with Crippen molar-refractivity contribution in [2.45, 2.75) is 37.0 Å². The van der Waals surface area contributed by atoms with Crippen molar-refractivity contribution in [3.63, 3.8) is 0 Å². The summed E-state index contributed by atoms with van der Waals surface area (Å²) >= 11 is 0. The van der Waals surface area contributed by atoms with Crippen LogP contribution in [0.1, 0.15) is 30.4 Å². The Morgan fingerprint density at radius 3 is 2.48 bits per heavy atom. The average Bonchev–Trinajstić information content (AvgIpc) is 3.27. The van der Waals surface area contributed by atoms with E-state index in [0.29, 0.717) is 61.2 Å². The molecule has 0 unspecified atom stereocenters. The van der Waals surface area contributed by atoms with E-state index in [0.717, 1.165) is 24.8 Å². The fourth-order valence-electron chi connectivity index (χ4n) is 4.58. The van der Waals surface area contributed by atoms with Crippen LogP contribution in [-0.2, 0) is 27.7 Å². The van der Waals surface area contributed by atoms with Gasteiger partial charge >= 0.3 is 0 Å². The normalized spacial score (nSPS) is 19.1. The summed E-state index contributed by atoms with van der Waals surface area (Å²) in [5.74, 6) is 0.986. The highest BCUT2D eigenvalue weighted by Gasteiger charge is 2.32. The maximum absolute atomic E-state index is 13.1. The van der Waals surface area contributed by atoms with Crippen molar-refractivity contribution >= 4 is 21.6 Å². The first kappa shape index (κ1) is 20.3. The maximum atomic E-state index is 13.1. The molecule has 0 atom stereocenters. The molecule has 31 heavy (non-hydrogen) atoms. The summed E-state index contributed by atoms with van der Waals surface area (Å²) in [5.41, 5.74) is 3.06. The molecule has 1 fully saturated rings. The van der Waals surface area contributed by atoms with Crippen molar-refractivity contribution < 1.29 is 22.7 Å². The SMILES string of the molecule is O=C(Nc1ccc2c(c1)OCCO2)C1CCN(S(=O)(=O)c2ccc3c(c2)CCC3)CC1. The van der Waals surface area contributed by atoms with Gasteiger partial charge < -0.3 is 14.8 Å². The van der Waals surface area contributed by atoms with E-state index in [1.807, 2.05) is 12.1 Å². The molecule has 1 amide bonds. The highest BCUT2D eigenvalue weighted by molar-refractivity contribution is 7.89. The number of amides is 1. The fourth-order valence-corrected chi connectivity index (χ4v) is 6.10. The molecular weight excluding hydrogens is 416 g/mol. The first-order valence-corrected chi connectivity index (χ1v) is 12.3. The third kappa shape index (κ3) is 4.02. The molecule has 0 aromatic heterocycles. The van der Waals surface area contributed by atoms with Gasteiger partial charge in [0.2, 0.25) is 15.9 Å². The lowest BCUT2D eigenvalue weighted by atomic mass is 9.97. The van der Waals surface area contributed by atoms with Gasteiger partial charge in [-0.1, -0.05) is 6.07 Å². The van der Waals surface area contributed by atoms with Gasteiger partial charge in [0.25, 0.3) is 0 Å². The quantitative estimate of drug-likeness (QED) is 0.787. The summed E-state index contributed by atoms with van der Waals surface area (Å²) in [4.78, 5) is 13.1. The predicted octanol–water partition coefficient (Wildman–Crippen LogP) is 2.99. The zero-order valence-electron chi connectivity index (χ0n) is 17.3. The second kappa shape index (κ2) is 8.16. The van der Waals surface area contributed by atoms with Gasteiger partial charge in [-0.15, -0.1) is 0 Å². The summed E-state index contributed by atoms with van der Waals surface area (Å²) in [7, 11) is -3.53. The number of anilines is 1. The van der Waals surface area contributed by atoms with E-state index in [4.69, 9.17) is 9.47 Å². The number of hydrogen-bond acceptors (Lipinski definition) is 5. The molecule has 2 aliphatic heterocycles. The van der Waals surface area contributed by atoms with Crippen LogP contribution in [0.25, 0.3) is 0 Å². The second-order valence-electron chi connectivity index (χ2n) is 8.31. The number of nitrogens with one attached hydrogen (secondary N) is 1. The van der Waals surface area contributed by atoms with Crippen molar-refractivity contribution in [2.24, 2.45) is 5.92 Å². The highest BCUT2D eigenvalue weighted by Crippen LogP contribution is 2.33. The number of rotatable bonds is 4. The first-order valence-electron chi connectivity index (χ1n) is 10.8. The minimum Gasteiger partial charge on any atom is -0.486 e. The maximum Gasteiger partial charge on any atom is 0.243 e. The molecule has 0 bridgehead atoms. The molecule has 8 heteroatoms. The van der Waals surface area contributed by atoms with Crippen LogP contribution < -0.4 is 14.8 Å². The van der Waals surface area contributed by atoms with E-state index in [1.54, 1.807) is 24.3 Å². The zero-order valence-corrected chi connectivity index (χ0v) is 18.1. The first-order chi connectivity index (χ1) is 15.0. The smallest absolute Gasteiger partial charge is 0.243 e. The lowest BCUT2D eigenvalue weighted by Crippen LogP contribution is -2.41. The highest BCUT2D eigenvalue weighted by atomic mass is 32.2. The molecule has 2 aromatic rings. The molecule has 5 rings (SSSR count). The van der Waals surface area contributed by atoms with Crippen LogP contribution in [0.15, 0.2) is 41.3 Å². The number of hydrogen-bond donors (Lipinski definition) is 1. The van der Waals surface area contributed by atoms with E-state index in [2.05, 4.69) is 5.32 Å². The Hall–Kier alpha value is -2.58. The molecule has 164 valence electrons. The molecule has 1 aliphatic carbocycles. The van der Waals surface area contributed by atoms with E-state index >= 15 is 0 Å². The topological polar surface area (TPSA) is 84.9 Å². The number of sulfonamides is 1. The number of aryl methyl sites for hydroxylation is 2. The Morgan fingerprint density at radius 2 is 1.68 bits per heavy atom. The largest absolute Gasteiger partial charge is 0.486 e. The minimum absolute atomic E-state index is 0.0914. The molecule has 2 aromatic carbocycles. The summed E-state index contributed by atoms with van der Waals surface area (Å²) in [6.45, 7) is 1.70. The third-order valence-corrected chi connectivity index (χ3v) is 8.24. The molecule has 0 spiro atoms. The Morgan fingerprint density at radius 1 is 0.935 bits per heavy atom. The summed E-state index contributed by atoms with van der Waals surface area (Å²) in [6, 6.07) is 10.8. The number of fused-ring (bicyclic) bond motifs is 2. The molecule has 1 saturated heterocycles. The van der Waals surface area contributed by atoms with Crippen molar-refractivity contribution in [1.82, 2.24) is 4.31 Å². The van der Waals surface area contributed by atoms with Crippen LogP contribution in [0, 0.1) is 5.92 Å². The van der Waals surface area contributed by atoms with E-state index < -0.39 is 10.0 Å². The number of nitrogens with zero attached hydrogens (tertiary/aromatic N) is 1. The van der Waals surface area contributed by atoms with Crippen LogP contribution in [0.3, 0.4) is 0 Å². The van der Waals surface area contributed by atoms with E-state index in [-0.39, 0.29) is 11.8 Å². The van der Waals surface area contributed by atoms with Crippen LogP contribution in [0.5, 0.6) is 11.5 Å². The Kier molecular flexibility index (Phi) is 5.35. The van der Waals surface area contributed by atoms with E-state index in [1.165, 1.54) is 9.87 Å². The van der Waals surface area contributed by atoms with Gasteiger partial charge in [-0.3, -0.25) is 4.79 Å². The fraction of sp³-hybridized carbons (Fsp3) is 0.435. The number of piperidine rings is 1. The lowest BCUT2D eigenvalue weighted by Gasteiger charge is -2.30. The predicted molar refractivity (Wildman–Crippen MR) is 116 cm³/mol. The monoisotopic (exact) mass is 442 g/mol. The number of carbonyl (C=O) groups excluding carboxylic acids is 1. The Balaban J connectivity index is 1.21. The van der Waals surface area contributed by atoms with E-state index in [9.17, 15) is 13.2 Å². The van der Waals surface area contributed by atoms with Crippen LogP contribution in [-0.4, -0.2) is 44.9 Å². The van der Waals surface area contributed by atoms with Crippen molar-refractivity contribution in [3.8, 4) is 11.5 Å². The van der Waals surface area contributed by atoms with Crippen LogP contribution >= 0.6 is 0 Å². The molecular formula is C23H26N2O5S. The average molecular weight is 443 g/mol. The minimum atomic E-state index is -3.53. The number of carbonyl (C=O) groups is 1. The Bertz CT molecular complexity index is 1110. The van der Waals surface area contributed by atoms with Crippen LogP contribution in [0.4, 0.5) is 5.69 Å². The van der Waals surface area contributed by atoms with Gasteiger partial charge in [-0.25, -0.2) is 8.42 Å². The van der Waals surface area contributed by atoms with Crippen molar-refractivity contribution in [2.75, 3.05) is 31.6 Å². The van der Waals surface area contributed by atoms with Crippen LogP contribution in [0.2, 0.25) is 0 Å². The Labute approximate surface area is 182 Å². The second-order valence-corrected chi connectivity index (χ2v) is 10.2. The summed E-state index contributed by atoms with van der Waals surface area (Å²) in [5, 5.41) is 2.93. The van der Waals surface area contributed by atoms with Gasteiger partial charge in [0, 0.05) is 30.8 Å². The zero-order chi connectivity index (χ0) is 21.4. The third-order valence-electron chi connectivity index (χ3n) is 6.34. The van der Waals surface area contributed by atoms with Crippen molar-refractivity contribution in [1.29, 1.82) is 0 Å². The number of ether oxygens (including phenoxy) is 2. The molecule has 2 heterocycles. The molecule has 0 radical (unpaired) electrons. The van der Waals surface area contributed by atoms with Gasteiger partial charge in [0.05, 0.1) is 4.90 Å². The standard InChI is InChI=1S/C23H26N2O5S/c26-23(24-19-5-7-21-22(15-19)30-13-12-29-21)17-8-10-25(11-9-17)31(27,28)20-6-4-16-2-1-3-18(16)14-20/h4-7,14-15,17H,1-3,8-13H2,(H,24,26). The van der Waals surface area contributed by atoms with Gasteiger partial charge in [0.15, 0.2) is 11.5 Å². The molecule has 3 aliphatic rings. The number of benzene rings is 2. The molecule has 1 N–H and O–H groups in total. The molecule has 7 nitrogen and oxygen atoms in total. The molecule has 0 saturated carbocycles. The van der Waals surface area contributed by atoms with Gasteiger partial charge in [-0.2, -0.15) is 4.31 Å². The van der Waals surface area contributed by atoms with Gasteiger partial charge in [0.1, 0.15) is 13.2 Å². The lowest BCUT2D eigenvalue weighted by molar-refractivity contribution is -0.120. The van der Waals surface area contributed by atoms with Crippen molar-refractivity contribution in [3.05, 3.63) is 47.5 Å². The van der Waals surface area contributed by atoms with Gasteiger partial charge in [-0.05, 0) is 67.5 Å². The summed E-state index contributed by atoms with van der Waals surface area (Å²) < 4.78 is 38.8. The summed E-state index contributed by atoms with van der Waals surface area (Å²) in [6.07, 6.45) is 4.06.